The van der Waals surface area contributed by atoms with Gasteiger partial charge in [-0.05, 0) is 47.7 Å². The summed E-state index contributed by atoms with van der Waals surface area (Å²) in [6.45, 7) is 1.04. The van der Waals surface area contributed by atoms with E-state index in [2.05, 4.69) is 30.2 Å². The molecule has 5 rings (SSSR count). The summed E-state index contributed by atoms with van der Waals surface area (Å²) in [5, 5.41) is 11.0. The quantitative estimate of drug-likeness (QED) is 0.719. The second kappa shape index (κ2) is 6.59. The van der Waals surface area contributed by atoms with Crippen LogP contribution >= 0.6 is 0 Å². The zero-order valence-electron chi connectivity index (χ0n) is 15.0. The summed E-state index contributed by atoms with van der Waals surface area (Å²) in [6, 6.07) is 3.89. The van der Waals surface area contributed by atoms with E-state index in [1.807, 2.05) is 24.4 Å². The Morgan fingerprint density at radius 1 is 1.32 bits per heavy atom. The normalized spacial score (nSPS) is 16.9. The maximum absolute atomic E-state index is 12.4. The number of H-pyrrole nitrogens is 1. The van der Waals surface area contributed by atoms with Crippen LogP contribution in [0.4, 0.5) is 5.82 Å². The molecule has 0 unspecified atom stereocenters. The number of carbonyl (C=O) groups is 2. The first-order valence-electron chi connectivity index (χ1n) is 9.24. The third-order valence-electron chi connectivity index (χ3n) is 5.15. The van der Waals surface area contributed by atoms with Gasteiger partial charge >= 0.3 is 0 Å². The highest BCUT2D eigenvalue weighted by Crippen LogP contribution is 2.33. The van der Waals surface area contributed by atoms with Crippen LogP contribution in [0.5, 0.6) is 0 Å². The van der Waals surface area contributed by atoms with Gasteiger partial charge in [-0.3, -0.25) is 9.59 Å². The number of amides is 2. The number of rotatable bonds is 4. The van der Waals surface area contributed by atoms with E-state index < -0.39 is 0 Å². The minimum atomic E-state index is -0.199. The van der Waals surface area contributed by atoms with Gasteiger partial charge in [-0.25, -0.2) is 9.61 Å². The molecule has 142 valence electrons. The first kappa shape index (κ1) is 16.7. The molecule has 3 aromatic heterocycles. The predicted octanol–water partition coefficient (Wildman–Crippen LogP) is 2.22. The average Bonchev–Trinajstić information content (AvgIpc) is 3.22. The van der Waals surface area contributed by atoms with Gasteiger partial charge in [0.25, 0.3) is 5.91 Å². The number of carbonyl (C=O) groups excluding carboxylic acids is 2. The van der Waals surface area contributed by atoms with Crippen molar-refractivity contribution in [2.24, 2.45) is 5.92 Å². The molecule has 1 fully saturated rings. The lowest BCUT2D eigenvalue weighted by atomic mass is 9.97. The number of aromatic amines is 1. The molecule has 1 aliphatic carbocycles. The molecule has 0 radical (unpaired) electrons. The lowest BCUT2D eigenvalue weighted by Gasteiger charge is -2.26. The molecule has 0 atom stereocenters. The fourth-order valence-electron chi connectivity index (χ4n) is 3.46. The lowest BCUT2D eigenvalue weighted by molar-refractivity contribution is -0.117. The Balaban J connectivity index is 1.41. The Hall–Kier alpha value is -3.49. The smallest absolute Gasteiger partial charge is 0.278 e. The number of fused-ring (bicyclic) bond motifs is 1. The number of hydrogen-bond acceptors (Lipinski definition) is 6. The standard InChI is InChI=1S/C19H18N6O3/c26-18(12-1-2-12)23-16-9-14(13-3-6-20-17(13)22-16)11-4-7-25(8-5-11)19(27)15-10-21-28-24-15/h3-4,6,9-10,12H,1-2,5,7-8H2,(H2,20,22,23,26). The Morgan fingerprint density at radius 3 is 2.93 bits per heavy atom. The van der Waals surface area contributed by atoms with Crippen LogP contribution in [0.15, 0.2) is 35.2 Å². The van der Waals surface area contributed by atoms with Crippen molar-refractivity contribution in [2.45, 2.75) is 19.3 Å². The van der Waals surface area contributed by atoms with E-state index in [1.165, 1.54) is 6.20 Å². The lowest BCUT2D eigenvalue weighted by Crippen LogP contribution is -2.34. The van der Waals surface area contributed by atoms with E-state index >= 15 is 0 Å². The molecule has 3 aromatic rings. The minimum absolute atomic E-state index is 0.0278. The topological polar surface area (TPSA) is 117 Å². The monoisotopic (exact) mass is 378 g/mol. The van der Waals surface area contributed by atoms with E-state index in [1.54, 1.807) is 4.90 Å². The van der Waals surface area contributed by atoms with Crippen LogP contribution in [0.3, 0.4) is 0 Å². The largest absolute Gasteiger partial charge is 0.346 e. The number of nitrogens with one attached hydrogen (secondary N) is 2. The Kier molecular flexibility index (Phi) is 3.92. The van der Waals surface area contributed by atoms with Crippen LogP contribution in [0.2, 0.25) is 0 Å². The van der Waals surface area contributed by atoms with E-state index in [9.17, 15) is 9.59 Å². The Bertz CT molecular complexity index is 1080. The molecular weight excluding hydrogens is 360 g/mol. The van der Waals surface area contributed by atoms with Gasteiger partial charge in [0.05, 0.1) is 0 Å². The van der Waals surface area contributed by atoms with E-state index in [0.717, 1.165) is 35.0 Å². The second-order valence-corrected chi connectivity index (χ2v) is 7.08. The molecule has 1 aliphatic heterocycles. The van der Waals surface area contributed by atoms with Crippen LogP contribution < -0.4 is 5.32 Å². The molecule has 0 aromatic carbocycles. The van der Waals surface area contributed by atoms with Crippen LogP contribution in [0.1, 0.15) is 35.3 Å². The molecule has 4 heterocycles. The number of pyridine rings is 1. The molecule has 0 spiro atoms. The van der Waals surface area contributed by atoms with Crippen molar-refractivity contribution < 1.29 is 14.2 Å². The maximum atomic E-state index is 12.4. The van der Waals surface area contributed by atoms with Crippen LogP contribution in [-0.2, 0) is 4.79 Å². The van der Waals surface area contributed by atoms with E-state index in [-0.39, 0.29) is 23.4 Å². The van der Waals surface area contributed by atoms with Crippen molar-refractivity contribution in [3.8, 4) is 0 Å². The summed E-state index contributed by atoms with van der Waals surface area (Å²) in [5.41, 5.74) is 3.08. The van der Waals surface area contributed by atoms with Gasteiger partial charge < -0.3 is 15.2 Å². The van der Waals surface area contributed by atoms with Crippen LogP contribution in [0, 0.1) is 5.92 Å². The highest BCUT2D eigenvalue weighted by atomic mass is 16.6. The molecule has 9 nitrogen and oxygen atoms in total. The van der Waals surface area contributed by atoms with Crippen molar-refractivity contribution in [3.05, 3.63) is 41.9 Å². The van der Waals surface area contributed by atoms with Crippen molar-refractivity contribution in [3.63, 3.8) is 0 Å². The Labute approximate surface area is 159 Å². The highest BCUT2D eigenvalue weighted by molar-refractivity contribution is 5.98. The zero-order chi connectivity index (χ0) is 19.1. The SMILES string of the molecule is O=C(Nc1cc(C2=CCN(C(=O)c3cnon3)CC2)c2cc[nH]c2n1)C1CC1. The van der Waals surface area contributed by atoms with Crippen molar-refractivity contribution >= 4 is 34.2 Å². The van der Waals surface area contributed by atoms with Crippen molar-refractivity contribution in [1.29, 1.82) is 0 Å². The summed E-state index contributed by atoms with van der Waals surface area (Å²) < 4.78 is 4.51. The Morgan fingerprint density at radius 2 is 2.21 bits per heavy atom. The fourth-order valence-corrected chi connectivity index (χ4v) is 3.46. The number of nitrogens with zero attached hydrogens (tertiary/aromatic N) is 4. The molecule has 2 aliphatic rings. The molecular formula is C19H18N6O3. The molecule has 28 heavy (non-hydrogen) atoms. The molecule has 1 saturated carbocycles. The molecule has 9 heteroatoms. The zero-order valence-corrected chi connectivity index (χ0v) is 15.0. The van der Waals surface area contributed by atoms with Gasteiger partial charge in [0.15, 0.2) is 5.69 Å². The fraction of sp³-hybridized carbons (Fsp3) is 0.316. The van der Waals surface area contributed by atoms with Gasteiger partial charge in [0.2, 0.25) is 5.91 Å². The van der Waals surface area contributed by atoms with Gasteiger partial charge in [-0.1, -0.05) is 11.2 Å². The minimum Gasteiger partial charge on any atom is -0.346 e. The second-order valence-electron chi connectivity index (χ2n) is 7.08. The van der Waals surface area contributed by atoms with Crippen LogP contribution in [-0.4, -0.2) is 50.1 Å². The van der Waals surface area contributed by atoms with Gasteiger partial charge in [-0.2, -0.15) is 0 Å². The van der Waals surface area contributed by atoms with Gasteiger partial charge in [0.1, 0.15) is 17.7 Å². The average molecular weight is 378 g/mol. The summed E-state index contributed by atoms with van der Waals surface area (Å²) in [5.74, 6) is 0.495. The summed E-state index contributed by atoms with van der Waals surface area (Å²) >= 11 is 0. The molecule has 0 saturated heterocycles. The van der Waals surface area contributed by atoms with E-state index in [4.69, 9.17) is 0 Å². The van der Waals surface area contributed by atoms with Gasteiger partial charge in [-0.15, -0.1) is 0 Å². The summed E-state index contributed by atoms with van der Waals surface area (Å²) in [4.78, 5) is 33.9. The summed E-state index contributed by atoms with van der Waals surface area (Å²) in [7, 11) is 0. The van der Waals surface area contributed by atoms with Gasteiger partial charge in [0, 0.05) is 30.6 Å². The summed E-state index contributed by atoms with van der Waals surface area (Å²) in [6.07, 6.45) is 7.77. The number of hydrogen-bond donors (Lipinski definition) is 2. The predicted molar refractivity (Wildman–Crippen MR) is 100 cm³/mol. The third kappa shape index (κ3) is 3.04. The molecule has 2 N–H and O–H groups in total. The molecule has 0 bridgehead atoms. The third-order valence-corrected chi connectivity index (χ3v) is 5.15. The molecule has 2 amide bonds. The first-order chi connectivity index (χ1) is 13.7. The van der Waals surface area contributed by atoms with E-state index in [0.29, 0.717) is 25.3 Å². The highest BCUT2D eigenvalue weighted by Gasteiger charge is 2.30. The van der Waals surface area contributed by atoms with Crippen molar-refractivity contribution in [1.82, 2.24) is 25.2 Å². The van der Waals surface area contributed by atoms with Crippen LogP contribution in [0.25, 0.3) is 16.6 Å². The van der Waals surface area contributed by atoms with Crippen molar-refractivity contribution in [2.75, 3.05) is 18.4 Å². The number of anilines is 1. The number of aromatic nitrogens is 4. The maximum Gasteiger partial charge on any atom is 0.278 e. The first-order valence-corrected chi connectivity index (χ1v) is 9.24.